The molecular formula is C40H83NO9. The topological polar surface area (TPSA) is 155 Å². The minimum Gasteiger partial charge on any atom is -0.460 e. The average Bonchev–Trinajstić information content (AvgIpc) is 2.91. The second-order valence-electron chi connectivity index (χ2n) is 16.3. The first-order valence-corrected chi connectivity index (χ1v) is 17.5. The Balaban J connectivity index is -0.0000000896. The van der Waals surface area contributed by atoms with Gasteiger partial charge in [0, 0.05) is 36.0 Å². The molecule has 0 bridgehead atoms. The highest BCUT2D eigenvalue weighted by molar-refractivity contribution is 5.81. The number of aliphatic hydroxyl groups is 1. The van der Waals surface area contributed by atoms with Gasteiger partial charge in [0.15, 0.2) is 5.78 Å². The lowest BCUT2D eigenvalue weighted by atomic mass is 9.87. The van der Waals surface area contributed by atoms with Crippen molar-refractivity contribution in [1.82, 2.24) is 5.06 Å². The van der Waals surface area contributed by atoms with E-state index in [1.165, 1.54) is 0 Å². The highest BCUT2D eigenvalue weighted by atomic mass is 16.6. The third kappa shape index (κ3) is 52.4. The standard InChI is InChI=1S/C9H18O.C8H16O2.C7H15NO2.C5H10O2.2C5H10O.CH4/c1-7(2)8(10)6-9(3,4)5;1-6(2)7(9)10-8(3,4)5;1-5(2)7(9)8(10)6(3)4;1-4(2)5(7)3-6;2*1-4(2)5(3)6;/h7H,6H2,1-5H3;6H,1-5H3;5-6,10H,1-4H3;4,6H,3H2,1-2H3;2*4H,1-3H3;1H4. The van der Waals surface area contributed by atoms with E-state index in [9.17, 15) is 28.8 Å². The molecule has 0 aromatic carbocycles. The molecule has 10 heteroatoms. The maximum absolute atomic E-state index is 11.2. The molecule has 0 saturated heterocycles. The molecule has 0 aromatic rings. The SMILES string of the molecule is C.CC(=O)C(C)C.CC(=O)C(C)C.CC(C)C(=O)CC(C)(C)C.CC(C)C(=O)CO.CC(C)C(=O)N(O)C(C)C.CC(C)C(=O)OC(C)(C)C. The van der Waals surface area contributed by atoms with Gasteiger partial charge in [-0.05, 0) is 53.9 Å². The lowest BCUT2D eigenvalue weighted by molar-refractivity contribution is -0.176. The first-order valence-electron chi connectivity index (χ1n) is 17.5. The van der Waals surface area contributed by atoms with E-state index in [1.807, 2.05) is 76.2 Å². The van der Waals surface area contributed by atoms with Crippen LogP contribution in [0.25, 0.3) is 0 Å². The summed E-state index contributed by atoms with van der Waals surface area (Å²) in [6.07, 6.45) is 0.699. The minimum absolute atomic E-state index is 0. The van der Waals surface area contributed by atoms with Crippen LogP contribution >= 0.6 is 0 Å². The molecule has 0 aromatic heterocycles. The zero-order valence-electron chi connectivity index (χ0n) is 35.7. The summed E-state index contributed by atoms with van der Waals surface area (Å²) in [7, 11) is 0. The van der Waals surface area contributed by atoms with E-state index in [0.717, 1.165) is 5.06 Å². The summed E-state index contributed by atoms with van der Waals surface area (Å²) in [6.45, 7) is 40.5. The number of aliphatic hydroxyl groups excluding tert-OH is 1. The van der Waals surface area contributed by atoms with Crippen molar-refractivity contribution in [2.45, 2.75) is 178 Å². The van der Waals surface area contributed by atoms with Crippen LogP contribution in [0, 0.1) is 40.9 Å². The van der Waals surface area contributed by atoms with Crippen LogP contribution < -0.4 is 0 Å². The Morgan fingerprint density at radius 3 is 0.920 bits per heavy atom. The van der Waals surface area contributed by atoms with Crippen LogP contribution in [0.15, 0.2) is 0 Å². The fraction of sp³-hybridized carbons (Fsp3) is 0.850. The molecular weight excluding hydrogens is 638 g/mol. The van der Waals surface area contributed by atoms with Crippen molar-refractivity contribution in [1.29, 1.82) is 0 Å². The van der Waals surface area contributed by atoms with Gasteiger partial charge < -0.3 is 9.84 Å². The molecule has 0 saturated carbocycles. The van der Waals surface area contributed by atoms with Gasteiger partial charge in [0.1, 0.15) is 29.6 Å². The number of carbonyl (C=O) groups excluding carboxylic acids is 6. The fourth-order valence-corrected chi connectivity index (χ4v) is 1.85. The summed E-state index contributed by atoms with van der Waals surface area (Å²) in [5.41, 5.74) is -0.192. The third-order valence-corrected chi connectivity index (χ3v) is 5.86. The van der Waals surface area contributed by atoms with Crippen molar-refractivity contribution in [3.8, 4) is 0 Å². The number of ether oxygens (including phenoxy) is 1. The third-order valence-electron chi connectivity index (χ3n) is 5.86. The molecule has 1 amide bonds. The van der Waals surface area contributed by atoms with Crippen molar-refractivity contribution in [2.24, 2.45) is 40.9 Å². The fourth-order valence-electron chi connectivity index (χ4n) is 1.85. The van der Waals surface area contributed by atoms with Gasteiger partial charge in [0.05, 0.1) is 12.0 Å². The predicted molar refractivity (Wildman–Crippen MR) is 208 cm³/mol. The maximum Gasteiger partial charge on any atom is 0.308 e. The number of hydrogen-bond acceptors (Lipinski definition) is 9. The quantitative estimate of drug-likeness (QED) is 0.135. The first kappa shape index (κ1) is 62.7. The Morgan fingerprint density at radius 2 is 0.860 bits per heavy atom. The molecule has 0 aliphatic carbocycles. The molecule has 0 fully saturated rings. The summed E-state index contributed by atoms with van der Waals surface area (Å²) in [5.74, 6) is 0.867. The van der Waals surface area contributed by atoms with Gasteiger partial charge in [-0.1, -0.05) is 111 Å². The van der Waals surface area contributed by atoms with Gasteiger partial charge in [-0.3, -0.25) is 34.0 Å². The monoisotopic (exact) mass is 722 g/mol. The van der Waals surface area contributed by atoms with Gasteiger partial charge in [0.25, 0.3) is 0 Å². The van der Waals surface area contributed by atoms with Crippen LogP contribution in [-0.2, 0) is 33.5 Å². The van der Waals surface area contributed by atoms with E-state index in [1.54, 1.807) is 55.4 Å². The number of hydrogen-bond donors (Lipinski definition) is 2. The van der Waals surface area contributed by atoms with Gasteiger partial charge in [-0.25, -0.2) is 5.06 Å². The number of hydroxylamine groups is 2. The lowest BCUT2D eigenvalue weighted by Gasteiger charge is -2.20. The molecule has 50 heavy (non-hydrogen) atoms. The van der Waals surface area contributed by atoms with Gasteiger partial charge in [0.2, 0.25) is 5.91 Å². The van der Waals surface area contributed by atoms with Crippen molar-refractivity contribution < 1.29 is 43.8 Å². The number of amides is 1. The van der Waals surface area contributed by atoms with E-state index in [-0.39, 0.29) is 95.8 Å². The molecule has 0 radical (unpaired) electrons. The van der Waals surface area contributed by atoms with Crippen LogP contribution in [0.1, 0.15) is 166 Å². The smallest absolute Gasteiger partial charge is 0.308 e. The van der Waals surface area contributed by atoms with Crippen molar-refractivity contribution in [3.05, 3.63) is 0 Å². The average molecular weight is 722 g/mol. The minimum atomic E-state index is -0.346. The summed E-state index contributed by atoms with van der Waals surface area (Å²) < 4.78 is 5.06. The molecule has 0 heterocycles. The van der Waals surface area contributed by atoms with E-state index in [4.69, 9.17) is 15.1 Å². The van der Waals surface area contributed by atoms with Crippen LogP contribution in [-0.4, -0.2) is 68.6 Å². The Morgan fingerprint density at radius 1 is 0.560 bits per heavy atom. The Kier molecular flexibility index (Phi) is 40.7. The van der Waals surface area contributed by atoms with Crippen molar-refractivity contribution >= 4 is 35.0 Å². The Hall–Kier alpha value is -2.46. The molecule has 0 unspecified atom stereocenters. The maximum atomic E-state index is 11.2. The normalized spacial score (nSPS) is 10.5. The van der Waals surface area contributed by atoms with E-state index < -0.39 is 0 Å². The zero-order chi connectivity index (χ0) is 41.2. The van der Waals surface area contributed by atoms with Crippen LogP contribution in [0.5, 0.6) is 0 Å². The van der Waals surface area contributed by atoms with Crippen LogP contribution in [0.3, 0.4) is 0 Å². The molecule has 10 nitrogen and oxygen atoms in total. The van der Waals surface area contributed by atoms with Gasteiger partial charge >= 0.3 is 5.97 Å². The Bertz CT molecular complexity index is 868. The molecule has 2 N–H and O–H groups in total. The van der Waals surface area contributed by atoms with Crippen molar-refractivity contribution in [2.75, 3.05) is 6.61 Å². The summed E-state index contributed by atoms with van der Waals surface area (Å²) in [5, 5.41) is 18.0. The van der Waals surface area contributed by atoms with Crippen LogP contribution in [0.2, 0.25) is 0 Å². The number of esters is 1. The first-order chi connectivity index (χ1) is 21.6. The summed E-state index contributed by atoms with van der Waals surface area (Å²) in [4.78, 5) is 63.6. The number of nitrogens with zero attached hydrogens (tertiary/aromatic N) is 1. The zero-order valence-corrected chi connectivity index (χ0v) is 35.7. The number of ketones is 4. The number of carbonyl (C=O) groups is 6. The number of Topliss-reactive ketones (excluding diaryl/α,β-unsaturated/α-hetero) is 4. The van der Waals surface area contributed by atoms with E-state index >= 15 is 0 Å². The molecule has 0 aliphatic heterocycles. The predicted octanol–water partition coefficient (Wildman–Crippen LogP) is 9.20. The number of rotatable bonds is 9. The highest BCUT2D eigenvalue weighted by Crippen LogP contribution is 2.20. The molecule has 0 rings (SSSR count). The molecule has 0 atom stereocenters. The van der Waals surface area contributed by atoms with Crippen LogP contribution in [0.4, 0.5) is 0 Å². The second kappa shape index (κ2) is 32.4. The highest BCUT2D eigenvalue weighted by Gasteiger charge is 2.19. The molecule has 0 aliphatic rings. The second-order valence-corrected chi connectivity index (χ2v) is 16.3. The van der Waals surface area contributed by atoms with Gasteiger partial charge in [-0.15, -0.1) is 0 Å². The van der Waals surface area contributed by atoms with Gasteiger partial charge in [-0.2, -0.15) is 0 Å². The summed E-state index contributed by atoms with van der Waals surface area (Å²) in [6, 6.07) is -0.130. The molecule has 302 valence electrons. The molecule has 0 spiro atoms. The largest absolute Gasteiger partial charge is 0.460 e. The lowest BCUT2D eigenvalue weighted by Crippen LogP contribution is -2.36. The Labute approximate surface area is 308 Å². The van der Waals surface area contributed by atoms with E-state index in [2.05, 4.69) is 20.8 Å². The van der Waals surface area contributed by atoms with E-state index in [0.29, 0.717) is 12.2 Å². The van der Waals surface area contributed by atoms with Crippen molar-refractivity contribution in [3.63, 3.8) is 0 Å². The summed E-state index contributed by atoms with van der Waals surface area (Å²) >= 11 is 0.